The van der Waals surface area contributed by atoms with Crippen LogP contribution in [-0.2, 0) is 0 Å². The van der Waals surface area contributed by atoms with Gasteiger partial charge in [-0.2, -0.15) is 0 Å². The van der Waals surface area contributed by atoms with E-state index >= 15 is 0 Å². The van der Waals surface area contributed by atoms with Gasteiger partial charge in [0.1, 0.15) is 5.75 Å². The number of benzene rings is 1. The van der Waals surface area contributed by atoms with E-state index < -0.39 is 0 Å². The van der Waals surface area contributed by atoms with E-state index in [1.165, 1.54) is 14.2 Å². The zero-order chi connectivity index (χ0) is 13.9. The summed E-state index contributed by atoms with van der Waals surface area (Å²) >= 11 is 5.37. The van der Waals surface area contributed by atoms with E-state index in [1.807, 2.05) is 6.07 Å². The highest BCUT2D eigenvalue weighted by molar-refractivity contribution is 9.11. The summed E-state index contributed by atoms with van der Waals surface area (Å²) in [6.45, 7) is 3.99. The first kappa shape index (κ1) is 14.1. The summed E-state index contributed by atoms with van der Waals surface area (Å²) in [5, 5.41) is 3.69. The van der Waals surface area contributed by atoms with Gasteiger partial charge in [0, 0.05) is 16.4 Å². The van der Waals surface area contributed by atoms with Crippen molar-refractivity contribution in [2.24, 2.45) is 0 Å². The Balaban J connectivity index is 1.90. The molecule has 0 saturated carbocycles. The van der Waals surface area contributed by atoms with Crippen molar-refractivity contribution in [1.29, 1.82) is 0 Å². The minimum atomic E-state index is 0.329. The molecular weight excluding hydrogens is 334 g/mol. The zero-order valence-corrected chi connectivity index (χ0v) is 13.8. The van der Waals surface area contributed by atoms with Crippen LogP contribution in [0.1, 0.15) is 35.7 Å². The van der Waals surface area contributed by atoms with Crippen LogP contribution in [0, 0.1) is 0 Å². The molecule has 1 aliphatic heterocycles. The van der Waals surface area contributed by atoms with Crippen LogP contribution in [0.2, 0.25) is 0 Å². The summed E-state index contributed by atoms with van der Waals surface area (Å²) < 4.78 is 7.04. The van der Waals surface area contributed by atoms with Crippen LogP contribution >= 0.6 is 27.3 Å². The maximum atomic E-state index is 5.85. The first-order valence-corrected chi connectivity index (χ1v) is 8.61. The molecule has 0 saturated heterocycles. The largest absolute Gasteiger partial charge is 0.493 e. The van der Waals surface area contributed by atoms with Crippen LogP contribution in [-0.4, -0.2) is 13.2 Å². The minimum absolute atomic E-state index is 0.329. The number of nitrogens with one attached hydrogen (secondary N) is 1. The number of hydrogen-bond donors (Lipinski definition) is 1. The molecule has 1 aromatic heterocycles. The van der Waals surface area contributed by atoms with Crippen LogP contribution in [0.4, 0.5) is 0 Å². The van der Waals surface area contributed by atoms with Crippen molar-refractivity contribution in [1.82, 2.24) is 5.32 Å². The molecule has 1 aliphatic rings. The van der Waals surface area contributed by atoms with E-state index in [1.54, 1.807) is 11.3 Å². The standard InChI is InChI=1S/C16H18BrNOS/c1-2-9-18-16(14-7-8-15(17)20-14)12-10-19-13-6-4-3-5-11(12)13/h3-8,12,16,18H,2,9-10H2,1H3. The highest BCUT2D eigenvalue weighted by Crippen LogP contribution is 2.43. The van der Waals surface area contributed by atoms with Crippen molar-refractivity contribution in [3.8, 4) is 5.75 Å². The Hall–Kier alpha value is -0.840. The Bertz CT molecular complexity index is 583. The molecule has 0 amide bonds. The van der Waals surface area contributed by atoms with E-state index in [9.17, 15) is 0 Å². The number of para-hydroxylation sites is 1. The van der Waals surface area contributed by atoms with Gasteiger partial charge in [0.05, 0.1) is 16.4 Å². The second-order valence-corrected chi connectivity index (χ2v) is 7.52. The van der Waals surface area contributed by atoms with Gasteiger partial charge in [-0.1, -0.05) is 25.1 Å². The summed E-state index contributed by atoms with van der Waals surface area (Å²) in [5.41, 5.74) is 1.32. The van der Waals surface area contributed by atoms with Crippen molar-refractivity contribution >= 4 is 27.3 Å². The summed E-state index contributed by atoms with van der Waals surface area (Å²) in [6.07, 6.45) is 1.14. The van der Waals surface area contributed by atoms with Gasteiger partial charge in [0.2, 0.25) is 0 Å². The molecule has 0 spiro atoms. The van der Waals surface area contributed by atoms with Crippen molar-refractivity contribution in [3.05, 3.63) is 50.6 Å². The summed E-state index contributed by atoms with van der Waals surface area (Å²) in [5.74, 6) is 1.43. The quantitative estimate of drug-likeness (QED) is 0.840. The zero-order valence-electron chi connectivity index (χ0n) is 11.4. The van der Waals surface area contributed by atoms with E-state index in [0.717, 1.165) is 25.3 Å². The van der Waals surface area contributed by atoms with Crippen LogP contribution in [0.3, 0.4) is 0 Å². The van der Waals surface area contributed by atoms with Gasteiger partial charge in [-0.15, -0.1) is 11.3 Å². The summed E-state index contributed by atoms with van der Waals surface area (Å²) in [7, 11) is 0. The molecule has 1 N–H and O–H groups in total. The SMILES string of the molecule is CCCNC(c1ccc(Br)s1)C1COc2ccccc21. The Kier molecular flexibility index (Phi) is 4.44. The molecule has 2 unspecified atom stereocenters. The van der Waals surface area contributed by atoms with E-state index in [4.69, 9.17) is 4.74 Å². The Morgan fingerprint density at radius 3 is 2.95 bits per heavy atom. The van der Waals surface area contributed by atoms with Crippen LogP contribution in [0.15, 0.2) is 40.2 Å². The fraction of sp³-hybridized carbons (Fsp3) is 0.375. The molecule has 106 valence electrons. The molecule has 4 heteroatoms. The second kappa shape index (κ2) is 6.29. The minimum Gasteiger partial charge on any atom is -0.493 e. The van der Waals surface area contributed by atoms with E-state index in [2.05, 4.69) is 58.5 Å². The number of ether oxygens (including phenoxy) is 1. The van der Waals surface area contributed by atoms with E-state index in [0.29, 0.717) is 12.0 Å². The lowest BCUT2D eigenvalue weighted by Gasteiger charge is -2.23. The van der Waals surface area contributed by atoms with Crippen LogP contribution in [0.5, 0.6) is 5.75 Å². The third kappa shape index (κ3) is 2.78. The third-order valence-electron chi connectivity index (χ3n) is 3.65. The molecule has 3 rings (SSSR count). The first-order chi connectivity index (χ1) is 9.79. The van der Waals surface area contributed by atoms with Gasteiger partial charge in [-0.25, -0.2) is 0 Å². The molecule has 1 aromatic carbocycles. The summed E-state index contributed by atoms with van der Waals surface area (Å²) in [4.78, 5) is 1.37. The smallest absolute Gasteiger partial charge is 0.122 e. The third-order valence-corrected chi connectivity index (χ3v) is 5.36. The van der Waals surface area contributed by atoms with Gasteiger partial charge in [-0.3, -0.25) is 0 Å². The highest BCUT2D eigenvalue weighted by atomic mass is 79.9. The molecule has 0 aliphatic carbocycles. The number of halogens is 1. The Morgan fingerprint density at radius 2 is 2.20 bits per heavy atom. The molecule has 2 aromatic rings. The van der Waals surface area contributed by atoms with Gasteiger partial charge in [0.25, 0.3) is 0 Å². The normalized spacial score (nSPS) is 18.6. The van der Waals surface area contributed by atoms with Crippen molar-refractivity contribution < 1.29 is 4.74 Å². The number of hydrogen-bond acceptors (Lipinski definition) is 3. The van der Waals surface area contributed by atoms with Gasteiger partial charge in [0.15, 0.2) is 0 Å². The maximum absolute atomic E-state index is 5.85. The molecule has 2 heterocycles. The van der Waals surface area contributed by atoms with Crippen LogP contribution in [0.25, 0.3) is 0 Å². The molecule has 2 nitrogen and oxygen atoms in total. The van der Waals surface area contributed by atoms with Crippen molar-refractivity contribution in [3.63, 3.8) is 0 Å². The van der Waals surface area contributed by atoms with E-state index in [-0.39, 0.29) is 0 Å². The average molecular weight is 352 g/mol. The molecule has 2 atom stereocenters. The monoisotopic (exact) mass is 351 g/mol. The number of rotatable bonds is 5. The predicted molar refractivity (Wildman–Crippen MR) is 87.7 cm³/mol. The number of thiophene rings is 1. The molecule has 0 radical (unpaired) electrons. The molecule has 0 bridgehead atoms. The van der Waals surface area contributed by atoms with Gasteiger partial charge >= 0.3 is 0 Å². The maximum Gasteiger partial charge on any atom is 0.122 e. The molecular formula is C16H18BrNOS. The fourth-order valence-corrected chi connectivity index (χ4v) is 4.26. The number of fused-ring (bicyclic) bond motifs is 1. The molecule has 0 fully saturated rings. The average Bonchev–Trinajstić information content (AvgIpc) is 3.07. The van der Waals surface area contributed by atoms with Gasteiger partial charge < -0.3 is 10.1 Å². The topological polar surface area (TPSA) is 21.3 Å². The van der Waals surface area contributed by atoms with Gasteiger partial charge in [-0.05, 0) is 47.1 Å². The van der Waals surface area contributed by atoms with Crippen molar-refractivity contribution in [2.75, 3.05) is 13.2 Å². The summed E-state index contributed by atoms with van der Waals surface area (Å²) in [6, 6.07) is 13.1. The second-order valence-electron chi connectivity index (χ2n) is 5.03. The lowest BCUT2D eigenvalue weighted by atomic mass is 9.92. The molecule has 20 heavy (non-hydrogen) atoms. The lowest BCUT2D eigenvalue weighted by Crippen LogP contribution is -2.28. The van der Waals surface area contributed by atoms with Crippen molar-refractivity contribution in [2.45, 2.75) is 25.3 Å². The lowest BCUT2D eigenvalue weighted by molar-refractivity contribution is 0.301. The van der Waals surface area contributed by atoms with Crippen LogP contribution < -0.4 is 10.1 Å². The predicted octanol–water partition coefficient (Wildman–Crippen LogP) is 4.73. The Morgan fingerprint density at radius 1 is 1.35 bits per heavy atom. The Labute approximate surface area is 132 Å². The highest BCUT2D eigenvalue weighted by Gasteiger charge is 2.32. The fourth-order valence-electron chi connectivity index (χ4n) is 2.70. The first-order valence-electron chi connectivity index (χ1n) is 7.00.